The second-order valence-corrected chi connectivity index (χ2v) is 7.27. The van der Waals surface area contributed by atoms with Crippen LogP contribution in [-0.4, -0.2) is 29.6 Å². The molecule has 0 heterocycles. The Morgan fingerprint density at radius 1 is 1.21 bits per heavy atom. The summed E-state index contributed by atoms with van der Waals surface area (Å²) in [5.41, 5.74) is 6.67. The van der Waals surface area contributed by atoms with Crippen molar-refractivity contribution in [3.05, 3.63) is 0 Å². The van der Waals surface area contributed by atoms with Gasteiger partial charge in [-0.05, 0) is 50.5 Å². The first-order valence-corrected chi connectivity index (χ1v) is 8.61. The highest BCUT2D eigenvalue weighted by atomic mass is 15.3. The van der Waals surface area contributed by atoms with Gasteiger partial charge < -0.3 is 5.73 Å². The van der Waals surface area contributed by atoms with Gasteiger partial charge in [-0.3, -0.25) is 4.90 Å². The van der Waals surface area contributed by atoms with Crippen LogP contribution < -0.4 is 5.73 Å². The Balaban J connectivity index is 2.13. The van der Waals surface area contributed by atoms with Crippen LogP contribution >= 0.6 is 0 Å². The topological polar surface area (TPSA) is 29.3 Å². The minimum absolute atomic E-state index is 0.336. The van der Waals surface area contributed by atoms with E-state index in [9.17, 15) is 0 Å². The van der Waals surface area contributed by atoms with Crippen LogP contribution in [0, 0.1) is 11.8 Å². The molecule has 2 aliphatic carbocycles. The van der Waals surface area contributed by atoms with Gasteiger partial charge in [0.05, 0.1) is 0 Å². The molecular formula is C17H34N2. The Bertz CT molecular complexity index is 272. The number of nitrogens with two attached hydrogens (primary N) is 1. The van der Waals surface area contributed by atoms with E-state index in [4.69, 9.17) is 5.73 Å². The summed E-state index contributed by atoms with van der Waals surface area (Å²) in [6.07, 6.45) is 11.0. The molecule has 2 heteroatoms. The second kappa shape index (κ2) is 6.58. The monoisotopic (exact) mass is 266 g/mol. The molecule has 2 nitrogen and oxygen atoms in total. The number of rotatable bonds is 7. The molecule has 0 spiro atoms. The van der Waals surface area contributed by atoms with E-state index >= 15 is 0 Å². The van der Waals surface area contributed by atoms with Gasteiger partial charge in [-0.25, -0.2) is 0 Å². The van der Waals surface area contributed by atoms with Gasteiger partial charge in [-0.15, -0.1) is 0 Å². The van der Waals surface area contributed by atoms with E-state index < -0.39 is 0 Å². The van der Waals surface area contributed by atoms with E-state index in [2.05, 4.69) is 25.7 Å². The zero-order valence-corrected chi connectivity index (χ0v) is 13.3. The number of nitrogens with zero attached hydrogens (tertiary/aromatic N) is 1. The fraction of sp³-hybridized carbons (Fsp3) is 1.00. The zero-order chi connectivity index (χ0) is 13.9. The normalized spacial score (nSPS) is 32.2. The summed E-state index contributed by atoms with van der Waals surface area (Å²) in [5.74, 6) is 1.64. The highest BCUT2D eigenvalue weighted by Crippen LogP contribution is 2.44. The molecule has 0 aromatic carbocycles. The summed E-state index contributed by atoms with van der Waals surface area (Å²) in [7, 11) is 0. The van der Waals surface area contributed by atoms with Crippen molar-refractivity contribution in [2.75, 3.05) is 13.1 Å². The summed E-state index contributed by atoms with van der Waals surface area (Å²) in [4.78, 5) is 2.86. The van der Waals surface area contributed by atoms with E-state index in [0.717, 1.165) is 24.4 Å². The van der Waals surface area contributed by atoms with Gasteiger partial charge in [0.15, 0.2) is 0 Å². The van der Waals surface area contributed by atoms with E-state index in [-0.39, 0.29) is 0 Å². The molecule has 2 aliphatic rings. The molecule has 0 aliphatic heterocycles. The van der Waals surface area contributed by atoms with Crippen molar-refractivity contribution in [3.8, 4) is 0 Å². The van der Waals surface area contributed by atoms with E-state index in [1.165, 1.54) is 57.9 Å². The van der Waals surface area contributed by atoms with Gasteiger partial charge in [0.25, 0.3) is 0 Å². The van der Waals surface area contributed by atoms with Crippen molar-refractivity contribution >= 4 is 0 Å². The molecule has 0 saturated heterocycles. The molecule has 0 radical (unpaired) electrons. The Morgan fingerprint density at radius 3 is 2.47 bits per heavy atom. The summed E-state index contributed by atoms with van der Waals surface area (Å²) >= 11 is 0. The van der Waals surface area contributed by atoms with Gasteiger partial charge in [0, 0.05) is 18.1 Å². The van der Waals surface area contributed by atoms with Gasteiger partial charge in [0.1, 0.15) is 0 Å². The molecule has 2 fully saturated rings. The first-order valence-electron chi connectivity index (χ1n) is 8.61. The summed E-state index contributed by atoms with van der Waals surface area (Å²) in [5, 5.41) is 0. The van der Waals surface area contributed by atoms with E-state index in [1.54, 1.807) is 0 Å². The maximum atomic E-state index is 6.34. The fourth-order valence-corrected chi connectivity index (χ4v) is 4.20. The molecule has 0 amide bonds. The van der Waals surface area contributed by atoms with Gasteiger partial charge in [-0.2, -0.15) is 0 Å². The lowest BCUT2D eigenvalue weighted by Gasteiger charge is -2.52. The van der Waals surface area contributed by atoms with Crippen molar-refractivity contribution in [2.24, 2.45) is 17.6 Å². The minimum atomic E-state index is 0.336. The molecule has 2 rings (SSSR count). The average molecular weight is 266 g/mol. The molecular weight excluding hydrogens is 232 g/mol. The lowest BCUT2D eigenvalue weighted by Crippen LogP contribution is -2.61. The first kappa shape index (κ1) is 15.3. The Hall–Kier alpha value is -0.0800. The van der Waals surface area contributed by atoms with Crippen molar-refractivity contribution in [1.29, 1.82) is 0 Å². The van der Waals surface area contributed by atoms with Gasteiger partial charge in [0.2, 0.25) is 0 Å². The second-order valence-electron chi connectivity index (χ2n) is 7.27. The average Bonchev–Trinajstić information content (AvgIpc) is 3.23. The predicted octanol–water partition coefficient (Wildman–Crippen LogP) is 3.79. The van der Waals surface area contributed by atoms with Crippen molar-refractivity contribution in [1.82, 2.24) is 4.90 Å². The maximum Gasteiger partial charge on any atom is 0.0362 e. The highest BCUT2D eigenvalue weighted by molar-refractivity contribution is 5.04. The fourth-order valence-electron chi connectivity index (χ4n) is 4.20. The summed E-state index contributed by atoms with van der Waals surface area (Å²) in [6, 6.07) is 0.856. The van der Waals surface area contributed by atoms with Crippen molar-refractivity contribution < 1.29 is 0 Å². The third kappa shape index (κ3) is 3.33. The number of hydrogen-bond donors (Lipinski definition) is 1. The predicted molar refractivity (Wildman–Crippen MR) is 83.2 cm³/mol. The van der Waals surface area contributed by atoms with Crippen LogP contribution in [0.5, 0.6) is 0 Å². The molecule has 2 atom stereocenters. The van der Waals surface area contributed by atoms with Crippen molar-refractivity contribution in [3.63, 3.8) is 0 Å². The van der Waals surface area contributed by atoms with E-state index in [1.807, 2.05) is 0 Å². The molecule has 2 saturated carbocycles. The summed E-state index contributed by atoms with van der Waals surface area (Å²) < 4.78 is 0. The van der Waals surface area contributed by atoms with Crippen LogP contribution in [0.2, 0.25) is 0 Å². The van der Waals surface area contributed by atoms with Crippen LogP contribution in [0.15, 0.2) is 0 Å². The third-order valence-electron chi connectivity index (χ3n) is 5.53. The molecule has 112 valence electrons. The largest absolute Gasteiger partial charge is 0.329 e. The Kier molecular flexibility index (Phi) is 5.30. The van der Waals surface area contributed by atoms with Gasteiger partial charge >= 0.3 is 0 Å². The maximum absolute atomic E-state index is 6.34. The molecule has 2 N–H and O–H groups in total. The van der Waals surface area contributed by atoms with Crippen molar-refractivity contribution in [2.45, 2.75) is 83.7 Å². The lowest BCUT2D eigenvalue weighted by atomic mass is 9.70. The first-order chi connectivity index (χ1) is 9.14. The number of hydrogen-bond acceptors (Lipinski definition) is 2. The van der Waals surface area contributed by atoms with Gasteiger partial charge in [-0.1, -0.05) is 40.0 Å². The van der Waals surface area contributed by atoms with Crippen LogP contribution in [0.4, 0.5) is 0 Å². The summed E-state index contributed by atoms with van der Waals surface area (Å²) in [6.45, 7) is 9.21. The standard InChI is InChI=1S/C17H34N2/c1-4-15-7-5-6-11-17(15,13-18)19(16-8-9-16)12-10-14(2)3/h14-16H,4-13,18H2,1-3H3. The molecule has 0 aromatic rings. The SMILES string of the molecule is CCC1CCCCC1(CN)N(CCC(C)C)C1CC1. The third-order valence-corrected chi connectivity index (χ3v) is 5.53. The molecule has 0 aromatic heterocycles. The highest BCUT2D eigenvalue weighted by Gasteiger charge is 2.48. The molecule has 2 unspecified atom stereocenters. The molecule has 0 bridgehead atoms. The zero-order valence-electron chi connectivity index (χ0n) is 13.3. The van der Waals surface area contributed by atoms with Crippen LogP contribution in [-0.2, 0) is 0 Å². The lowest BCUT2D eigenvalue weighted by molar-refractivity contribution is -0.00533. The Morgan fingerprint density at radius 2 is 1.95 bits per heavy atom. The Labute approximate surface area is 120 Å². The smallest absolute Gasteiger partial charge is 0.0362 e. The molecule has 19 heavy (non-hydrogen) atoms. The van der Waals surface area contributed by atoms with Crippen LogP contribution in [0.25, 0.3) is 0 Å². The van der Waals surface area contributed by atoms with Crippen LogP contribution in [0.3, 0.4) is 0 Å². The van der Waals surface area contributed by atoms with Crippen LogP contribution in [0.1, 0.15) is 72.1 Å². The quantitative estimate of drug-likeness (QED) is 0.759. The van der Waals surface area contributed by atoms with E-state index in [0.29, 0.717) is 5.54 Å². The minimum Gasteiger partial charge on any atom is -0.329 e.